The van der Waals surface area contributed by atoms with Gasteiger partial charge < -0.3 is 4.74 Å². The Morgan fingerprint density at radius 2 is 2.07 bits per heavy atom. The SMILES string of the molecule is CO[C@@H](c1ccccc1)[C@H]1CCCC1=O. The van der Waals surface area contributed by atoms with Crippen molar-refractivity contribution in [3.63, 3.8) is 0 Å². The van der Waals surface area contributed by atoms with Crippen molar-refractivity contribution >= 4 is 5.78 Å². The number of carbonyl (C=O) groups excluding carboxylic acids is 1. The lowest BCUT2D eigenvalue weighted by atomic mass is 9.93. The van der Waals surface area contributed by atoms with Gasteiger partial charge in [0.05, 0.1) is 6.10 Å². The van der Waals surface area contributed by atoms with E-state index in [1.807, 2.05) is 30.3 Å². The lowest BCUT2D eigenvalue weighted by molar-refractivity contribution is -0.124. The third kappa shape index (κ3) is 2.10. The molecule has 2 heteroatoms. The summed E-state index contributed by atoms with van der Waals surface area (Å²) in [6.07, 6.45) is 2.64. The standard InChI is InChI=1S/C13H16O2/c1-15-13(10-6-3-2-4-7-10)11-8-5-9-12(11)14/h2-4,6-7,11,13H,5,8-9H2,1H3/t11-,13-/m0/s1. The molecule has 0 radical (unpaired) electrons. The van der Waals surface area contributed by atoms with Crippen molar-refractivity contribution in [2.75, 3.05) is 7.11 Å². The van der Waals surface area contributed by atoms with E-state index in [9.17, 15) is 4.79 Å². The molecule has 1 fully saturated rings. The Morgan fingerprint density at radius 3 is 2.60 bits per heavy atom. The monoisotopic (exact) mass is 204 g/mol. The van der Waals surface area contributed by atoms with E-state index in [4.69, 9.17) is 4.74 Å². The number of ketones is 1. The first-order chi connectivity index (χ1) is 7.33. The van der Waals surface area contributed by atoms with E-state index in [2.05, 4.69) is 0 Å². The number of carbonyl (C=O) groups is 1. The van der Waals surface area contributed by atoms with Crippen LogP contribution in [0.25, 0.3) is 0 Å². The van der Waals surface area contributed by atoms with Crippen molar-refractivity contribution < 1.29 is 9.53 Å². The Hall–Kier alpha value is -1.15. The first kappa shape index (κ1) is 10.4. The molecule has 1 saturated carbocycles. The number of rotatable bonds is 3. The summed E-state index contributed by atoms with van der Waals surface area (Å²) >= 11 is 0. The van der Waals surface area contributed by atoms with E-state index in [0.717, 1.165) is 24.8 Å². The molecule has 0 aromatic heterocycles. The summed E-state index contributed by atoms with van der Waals surface area (Å²) in [6.45, 7) is 0. The third-order valence-electron chi connectivity index (χ3n) is 3.10. The Labute approximate surface area is 90.3 Å². The molecule has 80 valence electrons. The summed E-state index contributed by atoms with van der Waals surface area (Å²) in [4.78, 5) is 11.7. The van der Waals surface area contributed by atoms with Crippen LogP contribution in [0.15, 0.2) is 30.3 Å². The molecule has 0 heterocycles. The van der Waals surface area contributed by atoms with E-state index in [1.54, 1.807) is 7.11 Å². The smallest absolute Gasteiger partial charge is 0.138 e. The number of methoxy groups -OCH3 is 1. The average molecular weight is 204 g/mol. The minimum atomic E-state index is -0.0544. The Bertz CT molecular complexity index is 332. The molecule has 0 N–H and O–H groups in total. The van der Waals surface area contributed by atoms with Crippen molar-refractivity contribution in [1.82, 2.24) is 0 Å². The predicted octanol–water partition coefficient (Wildman–Crippen LogP) is 2.74. The van der Waals surface area contributed by atoms with Crippen LogP contribution in [0.2, 0.25) is 0 Å². The molecule has 1 aliphatic carbocycles. The molecule has 1 aromatic carbocycles. The number of ether oxygens (including phenoxy) is 1. The normalized spacial score (nSPS) is 23.0. The van der Waals surface area contributed by atoms with Crippen molar-refractivity contribution in [3.05, 3.63) is 35.9 Å². The first-order valence-electron chi connectivity index (χ1n) is 5.43. The lowest BCUT2D eigenvalue weighted by Gasteiger charge is -2.21. The second-order valence-electron chi connectivity index (χ2n) is 4.03. The highest BCUT2D eigenvalue weighted by Gasteiger charge is 2.32. The molecule has 1 aromatic rings. The van der Waals surface area contributed by atoms with E-state index in [-0.39, 0.29) is 12.0 Å². The number of hydrogen-bond acceptors (Lipinski definition) is 2. The summed E-state index contributed by atoms with van der Waals surface area (Å²) in [7, 11) is 1.68. The van der Waals surface area contributed by atoms with Gasteiger partial charge in [-0.2, -0.15) is 0 Å². The Balaban J connectivity index is 2.20. The van der Waals surface area contributed by atoms with Gasteiger partial charge in [0.25, 0.3) is 0 Å². The highest BCUT2D eigenvalue weighted by atomic mass is 16.5. The largest absolute Gasteiger partial charge is 0.376 e. The number of Topliss-reactive ketones (excluding diaryl/α,β-unsaturated/α-hetero) is 1. The van der Waals surface area contributed by atoms with Crippen LogP contribution in [0.4, 0.5) is 0 Å². The van der Waals surface area contributed by atoms with Gasteiger partial charge in [-0.3, -0.25) is 4.79 Å². The third-order valence-corrected chi connectivity index (χ3v) is 3.10. The van der Waals surface area contributed by atoms with Gasteiger partial charge in [-0.1, -0.05) is 30.3 Å². The molecule has 0 amide bonds. The number of hydrogen-bond donors (Lipinski definition) is 0. The summed E-state index contributed by atoms with van der Waals surface area (Å²) in [5, 5.41) is 0. The summed E-state index contributed by atoms with van der Waals surface area (Å²) in [5.74, 6) is 0.420. The molecule has 0 aliphatic heterocycles. The van der Waals surface area contributed by atoms with Gasteiger partial charge in [0.2, 0.25) is 0 Å². The quantitative estimate of drug-likeness (QED) is 0.756. The average Bonchev–Trinajstić information content (AvgIpc) is 2.68. The van der Waals surface area contributed by atoms with Crippen molar-refractivity contribution in [2.24, 2.45) is 5.92 Å². The molecule has 0 bridgehead atoms. The van der Waals surface area contributed by atoms with Crippen LogP contribution in [0.5, 0.6) is 0 Å². The topological polar surface area (TPSA) is 26.3 Å². The summed E-state index contributed by atoms with van der Waals surface area (Å²) in [6, 6.07) is 10.0. The van der Waals surface area contributed by atoms with E-state index in [0.29, 0.717) is 5.78 Å². The van der Waals surface area contributed by atoms with E-state index >= 15 is 0 Å². The molecule has 2 atom stereocenters. The van der Waals surface area contributed by atoms with Gasteiger partial charge in [0, 0.05) is 19.4 Å². The highest BCUT2D eigenvalue weighted by Crippen LogP contribution is 2.35. The second-order valence-corrected chi connectivity index (χ2v) is 4.03. The molecular formula is C13H16O2. The van der Waals surface area contributed by atoms with E-state index < -0.39 is 0 Å². The van der Waals surface area contributed by atoms with Crippen LogP contribution in [-0.2, 0) is 9.53 Å². The van der Waals surface area contributed by atoms with Gasteiger partial charge in [-0.25, -0.2) is 0 Å². The molecule has 1 aliphatic rings. The molecular weight excluding hydrogens is 188 g/mol. The Kier molecular flexibility index (Phi) is 3.17. The minimum Gasteiger partial charge on any atom is -0.376 e. The highest BCUT2D eigenvalue weighted by molar-refractivity contribution is 5.83. The van der Waals surface area contributed by atoms with Crippen LogP contribution < -0.4 is 0 Å². The molecule has 0 saturated heterocycles. The molecule has 15 heavy (non-hydrogen) atoms. The zero-order valence-electron chi connectivity index (χ0n) is 8.98. The Morgan fingerprint density at radius 1 is 1.33 bits per heavy atom. The van der Waals surface area contributed by atoms with Crippen LogP contribution in [-0.4, -0.2) is 12.9 Å². The molecule has 2 nitrogen and oxygen atoms in total. The van der Waals surface area contributed by atoms with Crippen LogP contribution in [0.1, 0.15) is 30.9 Å². The van der Waals surface area contributed by atoms with Gasteiger partial charge in [0.15, 0.2) is 0 Å². The fourth-order valence-electron chi connectivity index (χ4n) is 2.34. The molecule has 0 spiro atoms. The zero-order valence-corrected chi connectivity index (χ0v) is 8.98. The van der Waals surface area contributed by atoms with Crippen molar-refractivity contribution in [2.45, 2.75) is 25.4 Å². The number of benzene rings is 1. The fourth-order valence-corrected chi connectivity index (χ4v) is 2.34. The van der Waals surface area contributed by atoms with Crippen molar-refractivity contribution in [1.29, 1.82) is 0 Å². The summed E-state index contributed by atoms with van der Waals surface area (Å²) < 4.78 is 5.47. The minimum absolute atomic E-state index is 0.0544. The van der Waals surface area contributed by atoms with Gasteiger partial charge >= 0.3 is 0 Å². The molecule has 2 rings (SSSR count). The second kappa shape index (κ2) is 4.58. The first-order valence-corrected chi connectivity index (χ1v) is 5.43. The van der Waals surface area contributed by atoms with Crippen LogP contribution in [0, 0.1) is 5.92 Å². The van der Waals surface area contributed by atoms with Crippen LogP contribution >= 0.6 is 0 Å². The maximum absolute atomic E-state index is 11.7. The maximum Gasteiger partial charge on any atom is 0.138 e. The van der Waals surface area contributed by atoms with Crippen molar-refractivity contribution in [3.8, 4) is 0 Å². The van der Waals surface area contributed by atoms with E-state index in [1.165, 1.54) is 0 Å². The zero-order chi connectivity index (χ0) is 10.7. The predicted molar refractivity (Wildman–Crippen MR) is 58.5 cm³/mol. The van der Waals surface area contributed by atoms with Gasteiger partial charge in [0.1, 0.15) is 5.78 Å². The molecule has 0 unspecified atom stereocenters. The van der Waals surface area contributed by atoms with Crippen LogP contribution in [0.3, 0.4) is 0 Å². The fraction of sp³-hybridized carbons (Fsp3) is 0.462. The lowest BCUT2D eigenvalue weighted by Crippen LogP contribution is -2.18. The van der Waals surface area contributed by atoms with Gasteiger partial charge in [-0.05, 0) is 18.4 Å². The van der Waals surface area contributed by atoms with Gasteiger partial charge in [-0.15, -0.1) is 0 Å². The maximum atomic E-state index is 11.7. The summed E-state index contributed by atoms with van der Waals surface area (Å²) in [5.41, 5.74) is 1.11.